The third-order valence-corrected chi connectivity index (χ3v) is 2.91. The SMILES string of the molecule is Cc1cnc(N)c(-c2ccc3c(c2)OCCO3)c1. The number of pyridine rings is 1. The summed E-state index contributed by atoms with van der Waals surface area (Å²) < 4.78 is 11.1. The molecule has 4 nitrogen and oxygen atoms in total. The van der Waals surface area contributed by atoms with Crippen molar-refractivity contribution in [2.45, 2.75) is 6.92 Å². The maximum Gasteiger partial charge on any atom is 0.161 e. The van der Waals surface area contributed by atoms with E-state index in [1.54, 1.807) is 6.20 Å². The number of fused-ring (bicyclic) bond motifs is 1. The van der Waals surface area contributed by atoms with Gasteiger partial charge in [0.25, 0.3) is 0 Å². The Morgan fingerprint density at radius 2 is 1.89 bits per heavy atom. The van der Waals surface area contributed by atoms with Crippen molar-refractivity contribution in [3.63, 3.8) is 0 Å². The van der Waals surface area contributed by atoms with Crippen LogP contribution in [0.2, 0.25) is 0 Å². The molecule has 0 spiro atoms. The Balaban J connectivity index is 2.09. The first-order valence-corrected chi connectivity index (χ1v) is 5.86. The number of aromatic nitrogens is 1. The zero-order valence-corrected chi connectivity index (χ0v) is 10.1. The van der Waals surface area contributed by atoms with Crippen molar-refractivity contribution >= 4 is 5.82 Å². The van der Waals surface area contributed by atoms with Crippen LogP contribution < -0.4 is 15.2 Å². The van der Waals surface area contributed by atoms with Crippen molar-refractivity contribution in [2.75, 3.05) is 18.9 Å². The first kappa shape index (κ1) is 10.9. The van der Waals surface area contributed by atoms with Gasteiger partial charge in [-0.15, -0.1) is 0 Å². The molecule has 2 aromatic rings. The maximum atomic E-state index is 5.91. The van der Waals surface area contributed by atoms with Gasteiger partial charge in [-0.2, -0.15) is 0 Å². The molecule has 92 valence electrons. The smallest absolute Gasteiger partial charge is 0.161 e. The van der Waals surface area contributed by atoms with Crippen LogP contribution in [0.25, 0.3) is 11.1 Å². The molecule has 1 aliphatic rings. The molecule has 0 saturated carbocycles. The molecule has 4 heteroatoms. The number of benzene rings is 1. The number of ether oxygens (including phenoxy) is 2. The Hall–Kier alpha value is -2.23. The minimum Gasteiger partial charge on any atom is -0.486 e. The van der Waals surface area contributed by atoms with Gasteiger partial charge in [-0.25, -0.2) is 4.98 Å². The Morgan fingerprint density at radius 1 is 1.11 bits per heavy atom. The Kier molecular flexibility index (Phi) is 2.55. The summed E-state index contributed by atoms with van der Waals surface area (Å²) in [6.45, 7) is 3.17. The Morgan fingerprint density at radius 3 is 2.72 bits per heavy atom. The number of nitrogens with two attached hydrogens (primary N) is 1. The summed E-state index contributed by atoms with van der Waals surface area (Å²) in [6.07, 6.45) is 1.76. The molecular formula is C14H14N2O2. The highest BCUT2D eigenvalue weighted by atomic mass is 16.6. The molecule has 0 fully saturated rings. The highest BCUT2D eigenvalue weighted by Crippen LogP contribution is 2.35. The van der Waals surface area contributed by atoms with Crippen LogP contribution in [0, 0.1) is 6.92 Å². The summed E-state index contributed by atoms with van der Waals surface area (Å²) in [4.78, 5) is 4.17. The second-order valence-electron chi connectivity index (χ2n) is 4.30. The zero-order valence-electron chi connectivity index (χ0n) is 10.1. The molecule has 2 heterocycles. The Bertz CT molecular complexity index is 596. The molecule has 0 bridgehead atoms. The third-order valence-electron chi connectivity index (χ3n) is 2.91. The normalized spacial score (nSPS) is 13.4. The molecule has 0 aliphatic carbocycles. The van der Waals surface area contributed by atoms with Crippen LogP contribution >= 0.6 is 0 Å². The van der Waals surface area contributed by atoms with Crippen molar-refractivity contribution in [3.05, 3.63) is 36.0 Å². The van der Waals surface area contributed by atoms with Crippen molar-refractivity contribution < 1.29 is 9.47 Å². The minimum absolute atomic E-state index is 0.525. The number of anilines is 1. The van der Waals surface area contributed by atoms with E-state index in [1.165, 1.54) is 0 Å². The third kappa shape index (κ3) is 1.86. The van der Waals surface area contributed by atoms with Crippen LogP contribution in [0.1, 0.15) is 5.56 Å². The first-order chi connectivity index (χ1) is 8.74. The summed E-state index contributed by atoms with van der Waals surface area (Å²) in [5.74, 6) is 2.07. The lowest BCUT2D eigenvalue weighted by atomic mass is 10.0. The molecule has 1 aromatic carbocycles. The van der Waals surface area contributed by atoms with Gasteiger partial charge < -0.3 is 15.2 Å². The molecule has 0 atom stereocenters. The van der Waals surface area contributed by atoms with Crippen LogP contribution in [0.3, 0.4) is 0 Å². The number of hydrogen-bond acceptors (Lipinski definition) is 4. The van der Waals surface area contributed by atoms with Crippen molar-refractivity contribution in [1.29, 1.82) is 0 Å². The molecule has 1 aliphatic heterocycles. The van der Waals surface area contributed by atoms with Crippen molar-refractivity contribution in [2.24, 2.45) is 0 Å². The predicted molar refractivity (Wildman–Crippen MR) is 69.8 cm³/mol. The molecule has 1 aromatic heterocycles. The summed E-state index contributed by atoms with van der Waals surface area (Å²) in [6, 6.07) is 7.85. The number of nitrogen functional groups attached to an aromatic ring is 1. The van der Waals surface area contributed by atoms with E-state index in [-0.39, 0.29) is 0 Å². The topological polar surface area (TPSA) is 57.4 Å². The molecule has 2 N–H and O–H groups in total. The molecule has 0 amide bonds. The first-order valence-electron chi connectivity index (χ1n) is 5.86. The van der Waals surface area contributed by atoms with Gasteiger partial charge in [0, 0.05) is 11.8 Å². The van der Waals surface area contributed by atoms with Gasteiger partial charge in [0.1, 0.15) is 19.0 Å². The Labute approximate surface area is 105 Å². The summed E-state index contributed by atoms with van der Waals surface area (Å²) in [5.41, 5.74) is 8.91. The van der Waals surface area contributed by atoms with E-state index in [4.69, 9.17) is 15.2 Å². The lowest BCUT2D eigenvalue weighted by Gasteiger charge is -2.19. The zero-order chi connectivity index (χ0) is 12.5. The second-order valence-corrected chi connectivity index (χ2v) is 4.30. The number of aryl methyl sites for hydroxylation is 1. The maximum absolute atomic E-state index is 5.91. The summed E-state index contributed by atoms with van der Waals surface area (Å²) in [5, 5.41) is 0. The van der Waals surface area contributed by atoms with Gasteiger partial charge in [0.2, 0.25) is 0 Å². The van der Waals surface area contributed by atoms with Gasteiger partial charge in [0.05, 0.1) is 0 Å². The highest BCUT2D eigenvalue weighted by molar-refractivity contribution is 5.76. The van der Waals surface area contributed by atoms with E-state index in [9.17, 15) is 0 Å². The number of hydrogen-bond donors (Lipinski definition) is 1. The average Bonchev–Trinajstić information content (AvgIpc) is 2.41. The fourth-order valence-corrected chi connectivity index (χ4v) is 2.02. The van der Waals surface area contributed by atoms with Gasteiger partial charge in [-0.1, -0.05) is 6.07 Å². The van der Waals surface area contributed by atoms with E-state index in [0.717, 1.165) is 28.2 Å². The molecule has 0 unspecified atom stereocenters. The van der Waals surface area contributed by atoms with E-state index in [1.807, 2.05) is 31.2 Å². The largest absolute Gasteiger partial charge is 0.486 e. The summed E-state index contributed by atoms with van der Waals surface area (Å²) in [7, 11) is 0. The predicted octanol–water partition coefficient (Wildman–Crippen LogP) is 2.41. The van der Waals surface area contributed by atoms with Crippen LogP contribution in [-0.2, 0) is 0 Å². The molecule has 0 radical (unpaired) electrons. The number of nitrogens with zero attached hydrogens (tertiary/aromatic N) is 1. The molecule has 18 heavy (non-hydrogen) atoms. The van der Waals surface area contributed by atoms with Crippen LogP contribution in [0.15, 0.2) is 30.5 Å². The number of rotatable bonds is 1. The van der Waals surface area contributed by atoms with E-state index < -0.39 is 0 Å². The van der Waals surface area contributed by atoms with E-state index in [0.29, 0.717) is 19.0 Å². The average molecular weight is 242 g/mol. The molecular weight excluding hydrogens is 228 g/mol. The van der Waals surface area contributed by atoms with Crippen LogP contribution in [0.4, 0.5) is 5.82 Å². The van der Waals surface area contributed by atoms with Crippen molar-refractivity contribution in [3.8, 4) is 22.6 Å². The van der Waals surface area contributed by atoms with Crippen LogP contribution in [-0.4, -0.2) is 18.2 Å². The highest BCUT2D eigenvalue weighted by Gasteiger charge is 2.13. The fraction of sp³-hybridized carbons (Fsp3) is 0.214. The molecule has 0 saturated heterocycles. The quantitative estimate of drug-likeness (QED) is 0.834. The van der Waals surface area contributed by atoms with Crippen LogP contribution in [0.5, 0.6) is 11.5 Å². The van der Waals surface area contributed by atoms with E-state index in [2.05, 4.69) is 4.98 Å². The van der Waals surface area contributed by atoms with Gasteiger partial charge in [0.15, 0.2) is 11.5 Å². The lowest BCUT2D eigenvalue weighted by molar-refractivity contribution is 0.171. The van der Waals surface area contributed by atoms with E-state index >= 15 is 0 Å². The van der Waals surface area contributed by atoms with Gasteiger partial charge in [-0.05, 0) is 36.2 Å². The summed E-state index contributed by atoms with van der Waals surface area (Å²) >= 11 is 0. The fourth-order valence-electron chi connectivity index (χ4n) is 2.02. The lowest BCUT2D eigenvalue weighted by Crippen LogP contribution is -2.15. The second kappa shape index (κ2) is 4.22. The molecule has 3 rings (SSSR count). The minimum atomic E-state index is 0.525. The monoisotopic (exact) mass is 242 g/mol. The van der Waals surface area contributed by atoms with Crippen molar-refractivity contribution in [1.82, 2.24) is 4.98 Å². The van der Waals surface area contributed by atoms with Gasteiger partial charge in [-0.3, -0.25) is 0 Å². The standard InChI is InChI=1S/C14H14N2O2/c1-9-6-11(14(15)16-8-9)10-2-3-12-13(7-10)18-5-4-17-12/h2-3,6-8H,4-5H2,1H3,(H2,15,16). The van der Waals surface area contributed by atoms with Gasteiger partial charge >= 0.3 is 0 Å².